The number of ether oxygens (including phenoxy) is 2. The maximum Gasteiger partial charge on any atom is 0.324 e. The molecule has 0 saturated carbocycles. The summed E-state index contributed by atoms with van der Waals surface area (Å²) in [6.45, 7) is 5.64. The van der Waals surface area contributed by atoms with E-state index in [1.54, 1.807) is 19.1 Å². The number of carbonyl (C=O) groups excluding carboxylic acids is 2. The number of fused-ring (bicyclic) bond motifs is 1. The Morgan fingerprint density at radius 1 is 1.38 bits per heavy atom. The van der Waals surface area contributed by atoms with Crippen molar-refractivity contribution in [1.82, 2.24) is 4.98 Å². The minimum Gasteiger partial charge on any atom is -0.481 e. The lowest BCUT2D eigenvalue weighted by atomic mass is 9.67. The molecule has 0 radical (unpaired) electrons. The van der Waals surface area contributed by atoms with Crippen molar-refractivity contribution in [3.8, 4) is 5.88 Å². The normalized spacial score (nSPS) is 20.6. The highest BCUT2D eigenvalue weighted by Gasteiger charge is 2.51. The van der Waals surface area contributed by atoms with Crippen LogP contribution < -0.4 is 4.74 Å². The number of methoxy groups -OCH3 is 2. The molecule has 112 valence electrons. The molecule has 5 heteroatoms. The Labute approximate surface area is 124 Å². The molecule has 1 aromatic heterocycles. The number of ketones is 1. The van der Waals surface area contributed by atoms with Crippen LogP contribution in [-0.4, -0.2) is 31.0 Å². The summed E-state index contributed by atoms with van der Waals surface area (Å²) in [5, 5.41) is 0. The van der Waals surface area contributed by atoms with Gasteiger partial charge in [0, 0.05) is 18.2 Å². The van der Waals surface area contributed by atoms with Gasteiger partial charge in [0.15, 0.2) is 11.2 Å². The number of aromatic nitrogens is 1. The number of Topliss-reactive ketones (excluding diaryl/α,β-unsaturated/α-hetero) is 1. The molecule has 1 aliphatic carbocycles. The second-order valence-electron chi connectivity index (χ2n) is 5.30. The summed E-state index contributed by atoms with van der Waals surface area (Å²) in [7, 11) is 2.82. The topological polar surface area (TPSA) is 65.5 Å². The number of esters is 1. The van der Waals surface area contributed by atoms with Crippen molar-refractivity contribution in [2.45, 2.75) is 31.6 Å². The first kappa shape index (κ1) is 15.2. The lowest BCUT2D eigenvalue weighted by molar-refractivity contribution is -0.152. The number of allylic oxidation sites excluding steroid dienone is 1. The molecule has 0 aromatic carbocycles. The van der Waals surface area contributed by atoms with E-state index in [0.717, 1.165) is 5.57 Å². The first-order valence-electron chi connectivity index (χ1n) is 6.76. The maximum atomic E-state index is 12.6. The zero-order chi connectivity index (χ0) is 15.6. The minimum atomic E-state index is -1.33. The van der Waals surface area contributed by atoms with Crippen LogP contribution in [-0.2, 0) is 26.2 Å². The molecule has 0 amide bonds. The van der Waals surface area contributed by atoms with Gasteiger partial charge in [-0.1, -0.05) is 11.6 Å². The second kappa shape index (κ2) is 5.68. The van der Waals surface area contributed by atoms with Gasteiger partial charge in [-0.3, -0.25) is 9.59 Å². The maximum absolute atomic E-state index is 12.6. The van der Waals surface area contributed by atoms with Gasteiger partial charge >= 0.3 is 5.97 Å². The molecule has 0 N–H and O–H groups in total. The van der Waals surface area contributed by atoms with Gasteiger partial charge in [0.1, 0.15) is 0 Å². The van der Waals surface area contributed by atoms with Crippen LogP contribution in [0.3, 0.4) is 0 Å². The molecule has 1 heterocycles. The van der Waals surface area contributed by atoms with Crippen LogP contribution in [0.5, 0.6) is 5.88 Å². The van der Waals surface area contributed by atoms with Crippen molar-refractivity contribution < 1.29 is 19.1 Å². The number of pyridine rings is 1. The Bertz CT molecular complexity index is 608. The van der Waals surface area contributed by atoms with E-state index < -0.39 is 11.4 Å². The van der Waals surface area contributed by atoms with Crippen LogP contribution in [0.15, 0.2) is 24.3 Å². The molecule has 0 fully saturated rings. The summed E-state index contributed by atoms with van der Waals surface area (Å²) < 4.78 is 10.0. The SMILES string of the molecule is C=C(C)CC1(C(=O)OC)C(=O)CCc2nc(OC)ccc21. The lowest BCUT2D eigenvalue weighted by Gasteiger charge is -2.34. The third-order valence-electron chi connectivity index (χ3n) is 3.78. The van der Waals surface area contributed by atoms with Gasteiger partial charge in [0.05, 0.1) is 14.2 Å². The van der Waals surface area contributed by atoms with Gasteiger partial charge < -0.3 is 9.47 Å². The highest BCUT2D eigenvalue weighted by atomic mass is 16.5. The van der Waals surface area contributed by atoms with Crippen LogP contribution in [0.1, 0.15) is 31.0 Å². The molecule has 0 spiro atoms. The molecule has 5 nitrogen and oxygen atoms in total. The summed E-state index contributed by atoms with van der Waals surface area (Å²) in [6, 6.07) is 3.39. The van der Waals surface area contributed by atoms with Gasteiger partial charge in [-0.15, -0.1) is 6.58 Å². The molecule has 21 heavy (non-hydrogen) atoms. The summed E-state index contributed by atoms with van der Waals surface area (Å²) in [4.78, 5) is 29.4. The van der Waals surface area contributed by atoms with Crippen LogP contribution in [0, 0.1) is 0 Å². The van der Waals surface area contributed by atoms with Crippen LogP contribution in [0.25, 0.3) is 0 Å². The Morgan fingerprint density at radius 3 is 2.67 bits per heavy atom. The minimum absolute atomic E-state index is 0.142. The summed E-state index contributed by atoms with van der Waals surface area (Å²) in [5.74, 6) is -0.225. The fourth-order valence-electron chi connectivity index (χ4n) is 2.89. The van der Waals surface area contributed by atoms with Crippen molar-refractivity contribution in [2.24, 2.45) is 0 Å². The zero-order valence-electron chi connectivity index (χ0n) is 12.6. The summed E-state index contributed by atoms with van der Waals surface area (Å²) >= 11 is 0. The molecule has 0 aliphatic heterocycles. The third kappa shape index (κ3) is 2.44. The molecular formula is C16H19NO4. The van der Waals surface area contributed by atoms with Crippen molar-refractivity contribution in [3.05, 3.63) is 35.5 Å². The average molecular weight is 289 g/mol. The third-order valence-corrected chi connectivity index (χ3v) is 3.78. The summed E-state index contributed by atoms with van der Waals surface area (Å²) in [5.41, 5.74) is 0.736. The monoisotopic (exact) mass is 289 g/mol. The Morgan fingerprint density at radius 2 is 2.10 bits per heavy atom. The summed E-state index contributed by atoms with van der Waals surface area (Å²) in [6.07, 6.45) is 0.995. The van der Waals surface area contributed by atoms with E-state index in [9.17, 15) is 9.59 Å². The van der Waals surface area contributed by atoms with Crippen LogP contribution in [0.4, 0.5) is 0 Å². The number of carbonyl (C=O) groups is 2. The second-order valence-corrected chi connectivity index (χ2v) is 5.30. The lowest BCUT2D eigenvalue weighted by Crippen LogP contribution is -2.48. The number of nitrogens with zero attached hydrogens (tertiary/aromatic N) is 1. The van der Waals surface area contributed by atoms with Gasteiger partial charge in [0.2, 0.25) is 5.88 Å². The first-order valence-corrected chi connectivity index (χ1v) is 6.76. The average Bonchev–Trinajstić information content (AvgIpc) is 2.48. The molecule has 1 aromatic rings. The zero-order valence-corrected chi connectivity index (χ0v) is 12.6. The molecule has 2 rings (SSSR count). The number of rotatable bonds is 4. The Hall–Kier alpha value is -2.17. The molecule has 1 aliphatic rings. The highest BCUT2D eigenvalue weighted by molar-refractivity contribution is 6.11. The van der Waals surface area contributed by atoms with E-state index in [1.807, 2.05) is 0 Å². The highest BCUT2D eigenvalue weighted by Crippen LogP contribution is 2.40. The van der Waals surface area contributed by atoms with E-state index in [4.69, 9.17) is 9.47 Å². The molecule has 0 saturated heterocycles. The smallest absolute Gasteiger partial charge is 0.324 e. The molecular weight excluding hydrogens is 270 g/mol. The van der Waals surface area contributed by atoms with Gasteiger partial charge in [0.25, 0.3) is 0 Å². The molecule has 0 bridgehead atoms. The molecule has 1 unspecified atom stereocenters. The Balaban J connectivity index is 2.66. The molecule has 1 atom stereocenters. The van der Waals surface area contributed by atoms with E-state index in [1.165, 1.54) is 14.2 Å². The number of hydrogen-bond acceptors (Lipinski definition) is 5. The fourth-order valence-corrected chi connectivity index (χ4v) is 2.89. The quantitative estimate of drug-likeness (QED) is 0.482. The largest absolute Gasteiger partial charge is 0.481 e. The van der Waals surface area contributed by atoms with Crippen molar-refractivity contribution in [3.63, 3.8) is 0 Å². The van der Waals surface area contributed by atoms with Crippen molar-refractivity contribution in [2.75, 3.05) is 14.2 Å². The van der Waals surface area contributed by atoms with Gasteiger partial charge in [-0.05, 0) is 25.3 Å². The van der Waals surface area contributed by atoms with Crippen LogP contribution in [0.2, 0.25) is 0 Å². The predicted octanol–water partition coefficient (Wildman–Crippen LogP) is 1.98. The predicted molar refractivity (Wildman–Crippen MR) is 77.2 cm³/mol. The van der Waals surface area contributed by atoms with Crippen LogP contribution >= 0.6 is 0 Å². The van der Waals surface area contributed by atoms with E-state index in [-0.39, 0.29) is 18.6 Å². The number of aryl methyl sites for hydroxylation is 1. The van der Waals surface area contributed by atoms with E-state index in [0.29, 0.717) is 23.6 Å². The van der Waals surface area contributed by atoms with Crippen molar-refractivity contribution in [1.29, 1.82) is 0 Å². The van der Waals surface area contributed by atoms with E-state index in [2.05, 4.69) is 11.6 Å². The first-order chi connectivity index (χ1) is 9.95. The standard InChI is InChI=1S/C16H19NO4/c1-10(2)9-16(15(19)21-4)11-5-8-14(20-3)17-12(11)6-7-13(16)18/h5,8H,1,6-7,9H2,2-4H3. The number of hydrogen-bond donors (Lipinski definition) is 0. The van der Waals surface area contributed by atoms with Gasteiger partial charge in [-0.2, -0.15) is 0 Å². The fraction of sp³-hybridized carbons (Fsp3) is 0.438. The Kier molecular flexibility index (Phi) is 4.11. The van der Waals surface area contributed by atoms with E-state index >= 15 is 0 Å². The van der Waals surface area contributed by atoms with Crippen molar-refractivity contribution >= 4 is 11.8 Å². The van der Waals surface area contributed by atoms with Gasteiger partial charge in [-0.25, -0.2) is 4.98 Å².